The zero-order valence-electron chi connectivity index (χ0n) is 18.8. The Kier molecular flexibility index (Phi) is 7.70. The van der Waals surface area contributed by atoms with E-state index in [0.717, 1.165) is 30.0 Å². The molecule has 0 aliphatic carbocycles. The van der Waals surface area contributed by atoms with E-state index in [2.05, 4.69) is 0 Å². The number of Topliss-reactive ketones (excluding diaryl/α,β-unsaturated/α-hetero) is 1. The van der Waals surface area contributed by atoms with Crippen molar-refractivity contribution in [1.29, 1.82) is 0 Å². The Bertz CT molecular complexity index is 1260. The lowest BCUT2D eigenvalue weighted by Gasteiger charge is -2.20. The summed E-state index contributed by atoms with van der Waals surface area (Å²) in [7, 11) is -4.27. The lowest BCUT2D eigenvalue weighted by molar-refractivity contribution is -0.147. The predicted molar refractivity (Wildman–Crippen MR) is 119 cm³/mol. The van der Waals surface area contributed by atoms with Gasteiger partial charge in [0, 0.05) is 17.0 Å². The molecule has 0 saturated carbocycles. The van der Waals surface area contributed by atoms with Gasteiger partial charge < -0.3 is 18.8 Å². The Hall–Kier alpha value is -3.28. The number of aryl methyl sites for hydroxylation is 1. The molecule has 3 aromatic rings. The number of sulfonamides is 1. The average molecular weight is 493 g/mol. The molecule has 1 aromatic carbocycles. The topological polar surface area (TPSA) is 128 Å². The Morgan fingerprint density at radius 3 is 2.47 bits per heavy atom. The smallest absolute Gasteiger partial charge is 0.327 e. The Morgan fingerprint density at radius 1 is 1.21 bits per heavy atom. The van der Waals surface area contributed by atoms with Crippen LogP contribution in [0.2, 0.25) is 0 Å². The van der Waals surface area contributed by atoms with E-state index in [1.807, 2.05) is 22.3 Å². The molecule has 0 saturated heterocycles. The van der Waals surface area contributed by atoms with E-state index < -0.39 is 46.3 Å². The maximum Gasteiger partial charge on any atom is 0.327 e. The number of furan rings is 1. The number of aliphatic hydroxyl groups excluding tert-OH is 1. The summed E-state index contributed by atoms with van der Waals surface area (Å²) >= 11 is 0. The molecule has 182 valence electrons. The first-order valence-corrected chi connectivity index (χ1v) is 11.8. The third-order valence-electron chi connectivity index (χ3n) is 5.26. The molecule has 2 unspecified atom stereocenters. The number of ether oxygens (including phenoxy) is 1. The van der Waals surface area contributed by atoms with Crippen LogP contribution in [-0.4, -0.2) is 48.6 Å². The Morgan fingerprint density at radius 2 is 1.88 bits per heavy atom. The van der Waals surface area contributed by atoms with Crippen molar-refractivity contribution < 1.29 is 36.7 Å². The number of nitrogens with zero attached hydrogens (tertiary/aromatic N) is 1. The number of hydrogen-bond donors (Lipinski definition) is 2. The monoisotopic (exact) mass is 492 g/mol. The van der Waals surface area contributed by atoms with Gasteiger partial charge in [-0.1, -0.05) is 0 Å². The van der Waals surface area contributed by atoms with E-state index in [4.69, 9.17) is 9.15 Å². The van der Waals surface area contributed by atoms with Crippen LogP contribution in [0.25, 0.3) is 0 Å². The third kappa shape index (κ3) is 5.79. The number of aliphatic hydroxyl groups is 1. The van der Waals surface area contributed by atoms with E-state index in [1.54, 1.807) is 25.3 Å². The minimum Gasteiger partial charge on any atom is -0.467 e. The first-order valence-electron chi connectivity index (χ1n) is 10.3. The summed E-state index contributed by atoms with van der Waals surface area (Å²) in [6.45, 7) is 4.55. The third-order valence-corrected chi connectivity index (χ3v) is 6.71. The first kappa shape index (κ1) is 25.3. The summed E-state index contributed by atoms with van der Waals surface area (Å²) in [6, 6.07) is 7.50. The quantitative estimate of drug-likeness (QED) is 0.328. The van der Waals surface area contributed by atoms with Crippen molar-refractivity contribution in [1.82, 2.24) is 9.29 Å². The van der Waals surface area contributed by atoms with Gasteiger partial charge in [0.1, 0.15) is 17.6 Å². The highest BCUT2D eigenvalue weighted by Gasteiger charge is 2.31. The van der Waals surface area contributed by atoms with Gasteiger partial charge in [0.2, 0.25) is 15.8 Å². The molecule has 0 aliphatic heterocycles. The number of rotatable bonds is 10. The molecular weight excluding hydrogens is 467 g/mol. The van der Waals surface area contributed by atoms with Gasteiger partial charge in [0.25, 0.3) is 0 Å². The highest BCUT2D eigenvalue weighted by atomic mass is 32.2. The van der Waals surface area contributed by atoms with Gasteiger partial charge in [-0.2, -0.15) is 4.72 Å². The summed E-state index contributed by atoms with van der Waals surface area (Å²) in [6.07, 6.45) is 0.0916. The molecule has 0 bridgehead atoms. The van der Waals surface area contributed by atoms with Gasteiger partial charge in [0.15, 0.2) is 6.61 Å². The van der Waals surface area contributed by atoms with Gasteiger partial charge in [-0.25, -0.2) is 12.8 Å². The van der Waals surface area contributed by atoms with Crippen LogP contribution in [-0.2, 0) is 26.1 Å². The molecule has 0 aliphatic rings. The number of halogens is 1. The van der Waals surface area contributed by atoms with Gasteiger partial charge >= 0.3 is 5.97 Å². The van der Waals surface area contributed by atoms with Crippen LogP contribution in [0.4, 0.5) is 4.39 Å². The van der Waals surface area contributed by atoms with Crippen LogP contribution in [0.1, 0.15) is 34.4 Å². The second kappa shape index (κ2) is 10.3. The van der Waals surface area contributed by atoms with Crippen LogP contribution >= 0.6 is 0 Å². The number of hydrogen-bond acceptors (Lipinski definition) is 7. The highest BCUT2D eigenvalue weighted by Crippen LogP contribution is 2.18. The minimum atomic E-state index is -4.27. The van der Waals surface area contributed by atoms with Crippen molar-refractivity contribution in [3.8, 4) is 0 Å². The molecule has 0 fully saturated rings. The van der Waals surface area contributed by atoms with Crippen molar-refractivity contribution in [2.75, 3.05) is 6.61 Å². The molecule has 34 heavy (non-hydrogen) atoms. The fourth-order valence-corrected chi connectivity index (χ4v) is 4.64. The number of ketones is 1. The number of aromatic nitrogens is 1. The number of carbonyl (C=O) groups is 2. The summed E-state index contributed by atoms with van der Waals surface area (Å²) in [5.74, 6) is -1.54. The van der Waals surface area contributed by atoms with E-state index in [0.29, 0.717) is 23.6 Å². The molecule has 2 atom stereocenters. The summed E-state index contributed by atoms with van der Waals surface area (Å²) in [5, 5.41) is 9.94. The number of nitrogens with one attached hydrogen (secondary N) is 1. The van der Waals surface area contributed by atoms with Crippen LogP contribution in [0.3, 0.4) is 0 Å². The van der Waals surface area contributed by atoms with E-state index in [1.165, 1.54) is 6.92 Å². The molecule has 0 spiro atoms. The minimum absolute atomic E-state index is 0.299. The summed E-state index contributed by atoms with van der Waals surface area (Å²) in [4.78, 5) is 24.9. The molecule has 0 amide bonds. The normalized spacial score (nSPS) is 13.4. The van der Waals surface area contributed by atoms with E-state index in [-0.39, 0.29) is 4.90 Å². The zero-order chi connectivity index (χ0) is 25.0. The van der Waals surface area contributed by atoms with E-state index in [9.17, 15) is 27.5 Å². The average Bonchev–Trinajstić information content (AvgIpc) is 3.39. The molecule has 2 aromatic heterocycles. The largest absolute Gasteiger partial charge is 0.467 e. The first-order chi connectivity index (χ1) is 16.0. The Labute approximate surface area is 196 Å². The van der Waals surface area contributed by atoms with Gasteiger partial charge in [-0.15, -0.1) is 0 Å². The highest BCUT2D eigenvalue weighted by molar-refractivity contribution is 7.89. The molecule has 2 heterocycles. The summed E-state index contributed by atoms with van der Waals surface area (Å²) in [5.41, 5.74) is 1.80. The van der Waals surface area contributed by atoms with Crippen LogP contribution in [0.5, 0.6) is 0 Å². The second-order valence-corrected chi connectivity index (χ2v) is 9.49. The Balaban J connectivity index is 1.68. The number of benzene rings is 1. The van der Waals surface area contributed by atoms with E-state index >= 15 is 0 Å². The SMILES string of the molecule is Cc1cc(C(=O)COC(=O)C(NS(=O)(=O)c2ccc(F)cc2)C(C)O)c(C)n1Cc1ccco1. The fourth-order valence-electron chi connectivity index (χ4n) is 3.38. The molecule has 9 nitrogen and oxygen atoms in total. The zero-order valence-corrected chi connectivity index (χ0v) is 19.6. The predicted octanol–water partition coefficient (Wildman–Crippen LogP) is 2.34. The molecule has 0 radical (unpaired) electrons. The standard InChI is InChI=1S/C23H25FN2O7S/c1-14-11-20(15(2)26(14)12-18-5-4-10-32-18)21(28)13-33-23(29)22(16(3)27)25-34(30,31)19-8-6-17(24)7-9-19/h4-11,16,22,25,27H,12-13H2,1-3H3. The fraction of sp³-hybridized carbons (Fsp3) is 0.304. The van der Waals surface area contributed by atoms with Gasteiger partial charge in [-0.3, -0.25) is 9.59 Å². The van der Waals surface area contributed by atoms with Crippen molar-refractivity contribution in [3.05, 3.63) is 77.3 Å². The maximum absolute atomic E-state index is 13.1. The van der Waals surface area contributed by atoms with Crippen molar-refractivity contribution in [2.24, 2.45) is 0 Å². The van der Waals surface area contributed by atoms with Gasteiger partial charge in [-0.05, 0) is 63.2 Å². The lowest BCUT2D eigenvalue weighted by Crippen LogP contribution is -2.48. The maximum atomic E-state index is 13.1. The van der Waals surface area contributed by atoms with Crippen LogP contribution in [0.15, 0.2) is 58.0 Å². The second-order valence-electron chi connectivity index (χ2n) is 7.77. The van der Waals surface area contributed by atoms with Gasteiger partial charge in [0.05, 0.1) is 23.8 Å². The molecular formula is C23H25FN2O7S. The summed E-state index contributed by atoms with van der Waals surface area (Å²) < 4.78 is 52.4. The van der Waals surface area contributed by atoms with Crippen LogP contribution in [0, 0.1) is 19.7 Å². The molecule has 11 heteroatoms. The van der Waals surface area contributed by atoms with Crippen molar-refractivity contribution >= 4 is 21.8 Å². The van der Waals surface area contributed by atoms with Crippen LogP contribution < -0.4 is 4.72 Å². The number of esters is 1. The lowest BCUT2D eigenvalue weighted by atomic mass is 10.1. The van der Waals surface area contributed by atoms with Crippen molar-refractivity contribution in [2.45, 2.75) is 44.4 Å². The number of carbonyl (C=O) groups excluding carboxylic acids is 2. The molecule has 2 N–H and O–H groups in total. The van der Waals surface area contributed by atoms with Crippen molar-refractivity contribution in [3.63, 3.8) is 0 Å². The molecule has 3 rings (SSSR count).